The van der Waals surface area contributed by atoms with Gasteiger partial charge in [0.25, 0.3) is 0 Å². The molecule has 8 aromatic carbocycles. The van der Waals surface area contributed by atoms with Gasteiger partial charge in [-0.1, -0.05) is 164 Å². The van der Waals surface area contributed by atoms with Gasteiger partial charge in [-0.25, -0.2) is 0 Å². The Morgan fingerprint density at radius 2 is 0.720 bits per heavy atom. The highest BCUT2D eigenvalue weighted by Crippen LogP contribution is 2.70. The quantitative estimate of drug-likeness (QED) is 0.182. The summed E-state index contributed by atoms with van der Waals surface area (Å²) in [5, 5.41) is 0. The Kier molecular flexibility index (Phi) is 5.66. The molecule has 3 aliphatic rings. The second-order valence-corrected chi connectivity index (χ2v) is 13.6. The fourth-order valence-corrected chi connectivity index (χ4v) is 9.35. The monoisotopic (exact) mass is 633 g/mol. The van der Waals surface area contributed by atoms with Crippen molar-refractivity contribution in [1.82, 2.24) is 0 Å². The molecule has 11 rings (SSSR count). The average molecular weight is 634 g/mol. The number of hydrogen-bond acceptors (Lipinski definition) is 1. The highest BCUT2D eigenvalue weighted by Gasteiger charge is 2.57. The van der Waals surface area contributed by atoms with Crippen molar-refractivity contribution in [2.45, 2.75) is 5.41 Å². The van der Waals surface area contributed by atoms with Crippen LogP contribution in [0.15, 0.2) is 188 Å². The molecule has 1 unspecified atom stereocenters. The van der Waals surface area contributed by atoms with E-state index in [1.165, 1.54) is 77.9 Å². The molecule has 0 saturated heterocycles. The van der Waals surface area contributed by atoms with Crippen molar-refractivity contribution >= 4 is 17.1 Å². The molecule has 0 fully saturated rings. The van der Waals surface area contributed by atoms with Crippen molar-refractivity contribution in [3.63, 3.8) is 0 Å². The SMILES string of the molecule is c1ccc(-c2ccccc2N(c2ccc3c(c2)C24c5ccccc5-c5cccc(c52)-c2cccc-3c24)c2ccccc2-c2ccccc2)cc1. The smallest absolute Gasteiger partial charge is 0.0738 e. The lowest BCUT2D eigenvalue weighted by molar-refractivity contribution is 0.818. The normalized spacial score (nSPS) is 15.3. The summed E-state index contributed by atoms with van der Waals surface area (Å²) in [4.78, 5) is 2.49. The van der Waals surface area contributed by atoms with Gasteiger partial charge in [0.05, 0.1) is 16.8 Å². The first kappa shape index (κ1) is 27.5. The predicted molar refractivity (Wildman–Crippen MR) is 207 cm³/mol. The van der Waals surface area contributed by atoms with Gasteiger partial charge in [0.1, 0.15) is 0 Å². The van der Waals surface area contributed by atoms with Crippen LogP contribution in [0.1, 0.15) is 22.3 Å². The molecule has 0 bridgehead atoms. The molecule has 1 spiro atoms. The van der Waals surface area contributed by atoms with E-state index >= 15 is 0 Å². The van der Waals surface area contributed by atoms with E-state index < -0.39 is 0 Å². The van der Waals surface area contributed by atoms with Crippen molar-refractivity contribution in [2.24, 2.45) is 0 Å². The summed E-state index contributed by atoms with van der Waals surface area (Å²) >= 11 is 0. The molecule has 1 nitrogen and oxygen atoms in total. The van der Waals surface area contributed by atoms with Crippen molar-refractivity contribution < 1.29 is 0 Å². The summed E-state index contributed by atoms with van der Waals surface area (Å²) in [5.41, 5.74) is 21.7. The zero-order valence-corrected chi connectivity index (χ0v) is 27.3. The highest BCUT2D eigenvalue weighted by atomic mass is 15.1. The summed E-state index contributed by atoms with van der Waals surface area (Å²) in [7, 11) is 0. The van der Waals surface area contributed by atoms with E-state index in [4.69, 9.17) is 0 Å². The fraction of sp³-hybridized carbons (Fsp3) is 0.0204. The van der Waals surface area contributed by atoms with Gasteiger partial charge in [-0.2, -0.15) is 0 Å². The van der Waals surface area contributed by atoms with Crippen LogP contribution >= 0.6 is 0 Å². The Bertz CT molecular complexity index is 2530. The number of para-hydroxylation sites is 2. The molecule has 0 radical (unpaired) electrons. The van der Waals surface area contributed by atoms with Gasteiger partial charge in [-0.3, -0.25) is 0 Å². The van der Waals surface area contributed by atoms with Gasteiger partial charge in [0.15, 0.2) is 0 Å². The third kappa shape index (κ3) is 3.51. The van der Waals surface area contributed by atoms with Crippen LogP contribution < -0.4 is 4.90 Å². The van der Waals surface area contributed by atoms with E-state index in [1.807, 2.05) is 0 Å². The summed E-state index contributed by atoms with van der Waals surface area (Å²) in [5.74, 6) is 0. The van der Waals surface area contributed by atoms with Gasteiger partial charge in [0, 0.05) is 16.8 Å². The van der Waals surface area contributed by atoms with Crippen molar-refractivity contribution in [3.05, 3.63) is 210 Å². The van der Waals surface area contributed by atoms with Crippen LogP contribution in [0, 0.1) is 0 Å². The summed E-state index contributed by atoms with van der Waals surface area (Å²) in [6, 6.07) is 69.4. The van der Waals surface area contributed by atoms with Crippen molar-refractivity contribution in [2.75, 3.05) is 4.90 Å². The Balaban J connectivity index is 1.23. The summed E-state index contributed by atoms with van der Waals surface area (Å²) in [6.45, 7) is 0. The van der Waals surface area contributed by atoms with Gasteiger partial charge in [-0.15, -0.1) is 0 Å². The van der Waals surface area contributed by atoms with Crippen LogP contribution in [0.2, 0.25) is 0 Å². The largest absolute Gasteiger partial charge is 0.309 e. The molecule has 50 heavy (non-hydrogen) atoms. The molecule has 1 atom stereocenters. The molecule has 0 aliphatic heterocycles. The number of nitrogens with zero attached hydrogens (tertiary/aromatic N) is 1. The lowest BCUT2D eigenvalue weighted by atomic mass is 9.73. The molecule has 1 heteroatoms. The van der Waals surface area contributed by atoms with Crippen LogP contribution in [0.5, 0.6) is 0 Å². The molecule has 0 N–H and O–H groups in total. The number of rotatable bonds is 5. The zero-order valence-electron chi connectivity index (χ0n) is 27.3. The first-order chi connectivity index (χ1) is 24.8. The Morgan fingerprint density at radius 1 is 0.300 bits per heavy atom. The van der Waals surface area contributed by atoms with Crippen LogP contribution in [0.3, 0.4) is 0 Å². The minimum Gasteiger partial charge on any atom is -0.309 e. The van der Waals surface area contributed by atoms with Gasteiger partial charge >= 0.3 is 0 Å². The molecule has 8 aromatic rings. The third-order valence-electron chi connectivity index (χ3n) is 11.2. The number of fused-ring (bicyclic) bond motifs is 5. The fourth-order valence-electron chi connectivity index (χ4n) is 9.35. The first-order valence-corrected chi connectivity index (χ1v) is 17.5. The van der Waals surface area contributed by atoms with E-state index in [9.17, 15) is 0 Å². The van der Waals surface area contributed by atoms with E-state index in [0.29, 0.717) is 0 Å². The lowest BCUT2D eigenvalue weighted by Gasteiger charge is -2.32. The Hall–Kier alpha value is -6.44. The summed E-state index contributed by atoms with van der Waals surface area (Å²) < 4.78 is 0. The first-order valence-electron chi connectivity index (χ1n) is 17.5. The van der Waals surface area contributed by atoms with Crippen LogP contribution in [-0.4, -0.2) is 0 Å². The molecular weight excluding hydrogens is 603 g/mol. The Labute approximate surface area is 292 Å². The lowest BCUT2D eigenvalue weighted by Crippen LogP contribution is -2.23. The highest BCUT2D eigenvalue weighted by molar-refractivity contribution is 6.07. The number of hydrogen-bond donors (Lipinski definition) is 0. The van der Waals surface area contributed by atoms with E-state index in [-0.39, 0.29) is 5.41 Å². The number of benzene rings is 8. The molecule has 0 saturated carbocycles. The summed E-state index contributed by atoms with van der Waals surface area (Å²) in [6.07, 6.45) is 0. The van der Waals surface area contributed by atoms with E-state index in [2.05, 4.69) is 193 Å². The van der Waals surface area contributed by atoms with Crippen LogP contribution in [0.25, 0.3) is 55.6 Å². The molecule has 3 aliphatic carbocycles. The average Bonchev–Trinajstić information content (AvgIpc) is 3.79. The zero-order chi connectivity index (χ0) is 32.8. The van der Waals surface area contributed by atoms with Gasteiger partial charge in [0.2, 0.25) is 0 Å². The Morgan fingerprint density at radius 3 is 1.28 bits per heavy atom. The molecule has 232 valence electrons. The maximum absolute atomic E-state index is 2.51. The van der Waals surface area contributed by atoms with Crippen LogP contribution in [-0.2, 0) is 5.41 Å². The predicted octanol–water partition coefficient (Wildman–Crippen LogP) is 12.8. The standard InChI is InChI=1S/C49H31N/c1-3-15-32(16-4-1)35-19-8-11-27-45(35)50(46-28-12-9-20-36(46)33-17-5-2-6-18-33)34-29-30-38-40-23-14-25-42-41-24-13-22-39-37-21-7-10-26-43(37)49(47(39)41,48(40)42)44(38)31-34/h1-31H. The van der Waals surface area contributed by atoms with Crippen LogP contribution in [0.4, 0.5) is 17.1 Å². The second-order valence-electron chi connectivity index (χ2n) is 13.6. The van der Waals surface area contributed by atoms with Gasteiger partial charge in [-0.05, 0) is 91.0 Å². The van der Waals surface area contributed by atoms with Crippen molar-refractivity contribution in [3.8, 4) is 55.6 Å². The van der Waals surface area contributed by atoms with Crippen molar-refractivity contribution in [1.29, 1.82) is 0 Å². The molecule has 0 amide bonds. The molecular formula is C49H31N. The second kappa shape index (κ2) is 10.3. The molecule has 0 heterocycles. The maximum Gasteiger partial charge on any atom is 0.0738 e. The molecule has 0 aromatic heterocycles. The third-order valence-corrected chi connectivity index (χ3v) is 11.2. The minimum atomic E-state index is -0.344. The van der Waals surface area contributed by atoms with E-state index in [0.717, 1.165) is 17.1 Å². The topological polar surface area (TPSA) is 3.24 Å². The van der Waals surface area contributed by atoms with E-state index in [1.54, 1.807) is 0 Å². The minimum absolute atomic E-state index is 0.344. The van der Waals surface area contributed by atoms with Gasteiger partial charge < -0.3 is 4.90 Å². The maximum atomic E-state index is 2.51. The number of anilines is 3.